The molecule has 0 saturated carbocycles. The smallest absolute Gasteiger partial charge is 0.329 e. The van der Waals surface area contributed by atoms with Crippen molar-refractivity contribution in [1.82, 2.24) is 19.1 Å². The number of piperazine rings is 1. The van der Waals surface area contributed by atoms with Crippen LogP contribution in [0.1, 0.15) is 5.56 Å². The maximum absolute atomic E-state index is 12.6. The van der Waals surface area contributed by atoms with Gasteiger partial charge in [0.2, 0.25) is 5.95 Å². The highest BCUT2D eigenvalue weighted by Gasteiger charge is 2.26. The molecule has 0 bridgehead atoms. The number of imidazole rings is 1. The first-order valence-corrected chi connectivity index (χ1v) is 9.51. The Hall–Kier alpha value is -2.91. The van der Waals surface area contributed by atoms with Gasteiger partial charge in [0.25, 0.3) is 5.56 Å². The van der Waals surface area contributed by atoms with Crippen molar-refractivity contribution in [3.05, 3.63) is 56.7 Å². The number of aromatic amines is 1. The van der Waals surface area contributed by atoms with E-state index in [0.717, 1.165) is 38.3 Å². The molecule has 148 valence electrons. The number of H-pyrrole nitrogens is 1. The molecule has 0 unspecified atom stereocenters. The molecule has 9 heteroatoms. The Kier molecular flexibility index (Phi) is 5.01. The summed E-state index contributed by atoms with van der Waals surface area (Å²) in [5.41, 5.74) is 0.972. The van der Waals surface area contributed by atoms with Gasteiger partial charge in [-0.1, -0.05) is 30.3 Å². The van der Waals surface area contributed by atoms with E-state index in [4.69, 9.17) is 4.98 Å². The van der Waals surface area contributed by atoms with Gasteiger partial charge >= 0.3 is 5.69 Å². The van der Waals surface area contributed by atoms with Crippen LogP contribution in [0.15, 0.2) is 39.9 Å². The molecule has 1 aliphatic heterocycles. The Morgan fingerprint density at radius 2 is 1.89 bits per heavy atom. The van der Waals surface area contributed by atoms with Crippen LogP contribution in [0.3, 0.4) is 0 Å². The number of hydrogen-bond donors (Lipinski definition) is 3. The van der Waals surface area contributed by atoms with E-state index in [1.54, 1.807) is 7.05 Å². The summed E-state index contributed by atoms with van der Waals surface area (Å²) in [5, 5.41) is 9.17. The number of nitrogens with one attached hydrogen (secondary N) is 2. The van der Waals surface area contributed by atoms with Gasteiger partial charge in [-0.25, -0.2) is 4.79 Å². The van der Waals surface area contributed by atoms with Gasteiger partial charge in [0.1, 0.15) is 6.54 Å². The zero-order valence-electron chi connectivity index (χ0n) is 15.9. The summed E-state index contributed by atoms with van der Waals surface area (Å²) in [6.07, 6.45) is 0. The number of anilines is 1. The average Bonchev–Trinajstić information content (AvgIpc) is 3.08. The lowest BCUT2D eigenvalue weighted by molar-refractivity contribution is -0.900. The van der Waals surface area contributed by atoms with E-state index in [9.17, 15) is 14.7 Å². The molecule has 0 amide bonds. The summed E-state index contributed by atoms with van der Waals surface area (Å²) in [7, 11) is 1.62. The van der Waals surface area contributed by atoms with Crippen molar-refractivity contribution in [2.75, 3.05) is 44.2 Å². The first-order chi connectivity index (χ1) is 13.6. The van der Waals surface area contributed by atoms with Crippen molar-refractivity contribution >= 4 is 17.1 Å². The van der Waals surface area contributed by atoms with Crippen molar-refractivity contribution in [2.45, 2.75) is 6.54 Å². The van der Waals surface area contributed by atoms with Crippen LogP contribution in [-0.4, -0.2) is 63.5 Å². The van der Waals surface area contributed by atoms with Crippen LogP contribution < -0.4 is 21.0 Å². The molecule has 3 N–H and O–H groups in total. The normalized spacial score (nSPS) is 15.4. The van der Waals surface area contributed by atoms with Crippen molar-refractivity contribution in [3.63, 3.8) is 0 Å². The maximum atomic E-state index is 12.6. The van der Waals surface area contributed by atoms with Crippen LogP contribution >= 0.6 is 0 Å². The highest BCUT2D eigenvalue weighted by atomic mass is 16.3. The molecule has 0 aliphatic carbocycles. The van der Waals surface area contributed by atoms with E-state index in [2.05, 4.69) is 9.88 Å². The number of aliphatic hydroxyl groups is 1. The fourth-order valence-electron chi connectivity index (χ4n) is 3.81. The molecule has 1 fully saturated rings. The third kappa shape index (κ3) is 3.34. The second-order valence-electron chi connectivity index (χ2n) is 7.18. The minimum atomic E-state index is -0.467. The number of aryl methyl sites for hydroxylation is 1. The summed E-state index contributed by atoms with van der Waals surface area (Å²) in [4.78, 5) is 35.3. The van der Waals surface area contributed by atoms with Crippen molar-refractivity contribution in [1.29, 1.82) is 0 Å². The number of hydrogen-bond acceptors (Lipinski definition) is 5. The molecule has 2 aromatic heterocycles. The van der Waals surface area contributed by atoms with Crippen LogP contribution in [0.4, 0.5) is 5.95 Å². The quantitative estimate of drug-likeness (QED) is 0.480. The molecule has 0 atom stereocenters. The standard InChI is InChI=1S/C19H24N6O3/c1-22-16-15(17(27)21-19(22)28)25(13-14-5-3-2-4-6-14)18(20-16)24-9-7-23(8-10-24)11-12-26/h2-6,26H,7-13H2,1H3,(H,21,27,28)/p+1. The number of aromatic nitrogens is 4. The Bertz CT molecular complexity index is 1080. The molecule has 9 nitrogen and oxygen atoms in total. The number of aliphatic hydroxyl groups excluding tert-OH is 1. The van der Waals surface area contributed by atoms with E-state index < -0.39 is 11.2 Å². The highest BCUT2D eigenvalue weighted by Crippen LogP contribution is 2.21. The lowest BCUT2D eigenvalue weighted by Gasteiger charge is -2.32. The Morgan fingerprint density at radius 1 is 1.18 bits per heavy atom. The first kappa shape index (κ1) is 18.5. The predicted molar refractivity (Wildman–Crippen MR) is 106 cm³/mol. The van der Waals surface area contributed by atoms with E-state index in [1.807, 2.05) is 34.9 Å². The molecule has 4 rings (SSSR count). The van der Waals surface area contributed by atoms with Gasteiger partial charge in [0, 0.05) is 7.05 Å². The number of nitrogens with zero attached hydrogens (tertiary/aromatic N) is 4. The van der Waals surface area contributed by atoms with Crippen LogP contribution in [-0.2, 0) is 13.6 Å². The van der Waals surface area contributed by atoms with Gasteiger partial charge in [0.15, 0.2) is 11.2 Å². The monoisotopic (exact) mass is 385 g/mol. The molecule has 0 spiro atoms. The average molecular weight is 385 g/mol. The van der Waals surface area contributed by atoms with Gasteiger partial charge < -0.3 is 14.9 Å². The van der Waals surface area contributed by atoms with Gasteiger partial charge in [-0.05, 0) is 5.56 Å². The van der Waals surface area contributed by atoms with Crippen molar-refractivity contribution in [3.8, 4) is 0 Å². The van der Waals surface area contributed by atoms with Gasteiger partial charge in [-0.2, -0.15) is 4.98 Å². The Balaban J connectivity index is 1.80. The SMILES string of the molecule is Cn1c(=O)[nH]c(=O)c2c1nc(N1CC[NH+](CCO)CC1)n2Cc1ccccc1. The largest absolute Gasteiger partial charge is 0.391 e. The molecule has 1 aliphatic rings. The highest BCUT2D eigenvalue weighted by molar-refractivity contribution is 5.74. The topological polar surface area (TPSA) is 101 Å². The fraction of sp³-hybridized carbons (Fsp3) is 0.421. The first-order valence-electron chi connectivity index (χ1n) is 9.51. The maximum Gasteiger partial charge on any atom is 0.329 e. The predicted octanol–water partition coefficient (Wildman–Crippen LogP) is -1.83. The number of quaternary nitrogens is 1. The molecule has 3 heterocycles. The molecular formula is C19H25N6O3+. The summed E-state index contributed by atoms with van der Waals surface area (Å²) in [5.74, 6) is 0.702. The Morgan fingerprint density at radius 3 is 2.57 bits per heavy atom. The van der Waals surface area contributed by atoms with E-state index in [1.165, 1.54) is 9.47 Å². The molecule has 0 radical (unpaired) electrons. The molecule has 1 aromatic carbocycles. The van der Waals surface area contributed by atoms with E-state index >= 15 is 0 Å². The van der Waals surface area contributed by atoms with Gasteiger partial charge in [-0.15, -0.1) is 0 Å². The van der Waals surface area contributed by atoms with E-state index in [0.29, 0.717) is 23.7 Å². The minimum absolute atomic E-state index is 0.180. The molecule has 1 saturated heterocycles. The van der Waals surface area contributed by atoms with Gasteiger partial charge in [0.05, 0.1) is 39.3 Å². The second-order valence-corrected chi connectivity index (χ2v) is 7.18. The minimum Gasteiger partial charge on any atom is -0.391 e. The summed E-state index contributed by atoms with van der Waals surface area (Å²) in [6, 6.07) is 9.90. The molecule has 3 aromatic rings. The number of rotatable bonds is 5. The number of benzene rings is 1. The third-order valence-electron chi connectivity index (χ3n) is 5.39. The third-order valence-corrected chi connectivity index (χ3v) is 5.39. The van der Waals surface area contributed by atoms with Crippen LogP contribution in [0.2, 0.25) is 0 Å². The molecule has 28 heavy (non-hydrogen) atoms. The lowest BCUT2D eigenvalue weighted by atomic mass is 10.2. The summed E-state index contributed by atoms with van der Waals surface area (Å²) in [6.45, 7) is 4.76. The zero-order valence-corrected chi connectivity index (χ0v) is 15.9. The number of fused-ring (bicyclic) bond motifs is 1. The van der Waals surface area contributed by atoms with Gasteiger partial charge in [-0.3, -0.25) is 18.9 Å². The summed E-state index contributed by atoms with van der Waals surface area (Å²) >= 11 is 0. The zero-order chi connectivity index (χ0) is 19.7. The van der Waals surface area contributed by atoms with E-state index in [-0.39, 0.29) is 6.61 Å². The van der Waals surface area contributed by atoms with Crippen LogP contribution in [0.5, 0.6) is 0 Å². The van der Waals surface area contributed by atoms with Crippen LogP contribution in [0.25, 0.3) is 11.2 Å². The van der Waals surface area contributed by atoms with Crippen molar-refractivity contribution in [2.24, 2.45) is 7.05 Å². The lowest BCUT2D eigenvalue weighted by Crippen LogP contribution is -3.15. The second kappa shape index (κ2) is 7.61. The Labute approximate surface area is 161 Å². The molecular weight excluding hydrogens is 360 g/mol. The van der Waals surface area contributed by atoms with Crippen molar-refractivity contribution < 1.29 is 10.0 Å². The van der Waals surface area contributed by atoms with Crippen LogP contribution in [0, 0.1) is 0 Å². The summed E-state index contributed by atoms with van der Waals surface area (Å²) < 4.78 is 3.29. The fourth-order valence-corrected chi connectivity index (χ4v) is 3.81.